The Morgan fingerprint density at radius 3 is 2.66 bits per heavy atom. The predicted molar refractivity (Wildman–Crippen MR) is 122 cm³/mol. The molecule has 172 valence electrons. The number of nitrogens with zero attached hydrogens (tertiary/aromatic N) is 5. The lowest BCUT2D eigenvalue weighted by atomic mass is 9.97. The monoisotopic (exact) mass is 442 g/mol. The van der Waals surface area contributed by atoms with Crippen LogP contribution in [0.3, 0.4) is 0 Å². The molecule has 2 amide bonds. The molecule has 1 atom stereocenters. The number of halogens is 1. The molecule has 8 nitrogen and oxygen atoms in total. The molecular formula is C23H31FN6O2. The first-order valence-electron chi connectivity index (χ1n) is 10.8. The highest BCUT2D eigenvalue weighted by molar-refractivity contribution is 5.92. The predicted octanol–water partition coefficient (Wildman–Crippen LogP) is 2.48. The third-order valence-electron chi connectivity index (χ3n) is 5.56. The highest BCUT2D eigenvalue weighted by atomic mass is 19.1. The maximum Gasteiger partial charge on any atom is 0.238 e. The van der Waals surface area contributed by atoms with Gasteiger partial charge in [0, 0.05) is 46.6 Å². The number of nitrogens with one attached hydrogen (secondary N) is 1. The van der Waals surface area contributed by atoms with E-state index in [9.17, 15) is 14.0 Å². The van der Waals surface area contributed by atoms with Crippen LogP contribution in [0.5, 0.6) is 0 Å². The lowest BCUT2D eigenvalue weighted by Crippen LogP contribution is -2.40. The quantitative estimate of drug-likeness (QED) is 0.710. The summed E-state index contributed by atoms with van der Waals surface area (Å²) in [5, 5.41) is 2.65. The number of rotatable bonds is 7. The lowest BCUT2D eigenvalue weighted by molar-refractivity contribution is -0.128. The Balaban J connectivity index is 1.70. The van der Waals surface area contributed by atoms with Crippen LogP contribution in [-0.2, 0) is 16.1 Å². The Morgan fingerprint density at radius 2 is 1.97 bits per heavy atom. The molecule has 1 N–H and O–H groups in total. The van der Waals surface area contributed by atoms with Crippen molar-refractivity contribution in [3.05, 3.63) is 47.7 Å². The maximum atomic E-state index is 13.8. The van der Waals surface area contributed by atoms with Gasteiger partial charge in [-0.25, -0.2) is 14.4 Å². The fourth-order valence-electron chi connectivity index (χ4n) is 3.72. The standard InChI is InChI=1S/C23H31FN6O2/c1-16(31)29(4)14-18-12-21(28(2)3)27-23(25-18)17-8-7-11-30(13-17)15-22(32)26-20-10-6-5-9-19(20)24/h5-6,9-10,12,17H,7-8,11,13-15H2,1-4H3,(H,26,32)/t17-/m0/s1. The van der Waals surface area contributed by atoms with Crippen molar-refractivity contribution in [2.45, 2.75) is 32.2 Å². The average Bonchev–Trinajstić information content (AvgIpc) is 2.75. The SMILES string of the molecule is CC(=O)N(C)Cc1cc(N(C)C)nc([C@H]2CCCN(CC(=O)Nc3ccccc3F)C2)n1. The molecule has 0 aliphatic carbocycles. The van der Waals surface area contributed by atoms with Gasteiger partial charge < -0.3 is 15.1 Å². The summed E-state index contributed by atoms with van der Waals surface area (Å²) in [6.07, 6.45) is 1.83. The van der Waals surface area contributed by atoms with E-state index in [0.29, 0.717) is 13.1 Å². The molecule has 3 rings (SSSR count). The minimum absolute atomic E-state index is 0.0266. The van der Waals surface area contributed by atoms with Crippen molar-refractivity contribution in [3.63, 3.8) is 0 Å². The van der Waals surface area contributed by atoms with Gasteiger partial charge in [0.2, 0.25) is 11.8 Å². The molecule has 32 heavy (non-hydrogen) atoms. The minimum atomic E-state index is -0.450. The molecular weight excluding hydrogens is 411 g/mol. The summed E-state index contributed by atoms with van der Waals surface area (Å²) in [7, 11) is 5.59. The summed E-state index contributed by atoms with van der Waals surface area (Å²) in [4.78, 5) is 39.2. The molecule has 2 heterocycles. The van der Waals surface area contributed by atoms with Crippen LogP contribution in [0.4, 0.5) is 15.9 Å². The van der Waals surface area contributed by atoms with Crippen LogP contribution >= 0.6 is 0 Å². The van der Waals surface area contributed by atoms with Gasteiger partial charge in [-0.1, -0.05) is 12.1 Å². The fourth-order valence-corrected chi connectivity index (χ4v) is 3.72. The summed E-state index contributed by atoms with van der Waals surface area (Å²) in [6.45, 7) is 3.55. The number of para-hydroxylation sites is 1. The van der Waals surface area contributed by atoms with Crippen LogP contribution in [0.15, 0.2) is 30.3 Å². The van der Waals surface area contributed by atoms with Gasteiger partial charge in [0.25, 0.3) is 0 Å². The smallest absolute Gasteiger partial charge is 0.238 e. The average molecular weight is 443 g/mol. The number of hydrogen-bond donors (Lipinski definition) is 1. The van der Waals surface area contributed by atoms with Crippen LogP contribution < -0.4 is 10.2 Å². The number of likely N-dealkylation sites (tertiary alicyclic amines) is 1. The van der Waals surface area contributed by atoms with Crippen molar-refractivity contribution in [2.75, 3.05) is 51.0 Å². The van der Waals surface area contributed by atoms with Crippen molar-refractivity contribution >= 4 is 23.3 Å². The zero-order chi connectivity index (χ0) is 23.3. The van der Waals surface area contributed by atoms with Crippen molar-refractivity contribution in [1.82, 2.24) is 19.8 Å². The van der Waals surface area contributed by atoms with E-state index in [2.05, 4.69) is 10.2 Å². The van der Waals surface area contributed by atoms with Crippen molar-refractivity contribution in [1.29, 1.82) is 0 Å². The molecule has 1 aliphatic heterocycles. The molecule has 1 aromatic heterocycles. The molecule has 1 fully saturated rings. The van der Waals surface area contributed by atoms with Gasteiger partial charge in [-0.2, -0.15) is 0 Å². The Hall–Kier alpha value is -3.07. The number of hydrogen-bond acceptors (Lipinski definition) is 6. The third-order valence-corrected chi connectivity index (χ3v) is 5.56. The first-order chi connectivity index (χ1) is 15.2. The van der Waals surface area contributed by atoms with E-state index >= 15 is 0 Å². The fraction of sp³-hybridized carbons (Fsp3) is 0.478. The van der Waals surface area contributed by atoms with Crippen molar-refractivity contribution in [2.24, 2.45) is 0 Å². The van der Waals surface area contributed by atoms with Gasteiger partial charge in [-0.15, -0.1) is 0 Å². The molecule has 0 saturated carbocycles. The molecule has 0 unspecified atom stereocenters. The van der Waals surface area contributed by atoms with Gasteiger partial charge in [0.15, 0.2) is 0 Å². The second kappa shape index (κ2) is 10.5. The second-order valence-corrected chi connectivity index (χ2v) is 8.45. The van der Waals surface area contributed by atoms with E-state index in [1.165, 1.54) is 13.0 Å². The normalized spacial score (nSPS) is 16.5. The van der Waals surface area contributed by atoms with Crippen LogP contribution in [-0.4, -0.2) is 72.4 Å². The molecule has 2 aromatic rings. The van der Waals surface area contributed by atoms with E-state index in [0.717, 1.165) is 36.7 Å². The van der Waals surface area contributed by atoms with Crippen LogP contribution in [0.25, 0.3) is 0 Å². The van der Waals surface area contributed by atoms with Gasteiger partial charge >= 0.3 is 0 Å². The van der Waals surface area contributed by atoms with Crippen molar-refractivity contribution in [3.8, 4) is 0 Å². The van der Waals surface area contributed by atoms with Crippen LogP contribution in [0.2, 0.25) is 0 Å². The number of aromatic nitrogens is 2. The number of carbonyl (C=O) groups is 2. The van der Waals surface area contributed by atoms with Crippen molar-refractivity contribution < 1.29 is 14.0 Å². The molecule has 1 aliphatic rings. The summed E-state index contributed by atoms with van der Waals surface area (Å²) in [5.74, 6) is 0.864. The first-order valence-corrected chi connectivity index (χ1v) is 10.8. The number of anilines is 2. The largest absolute Gasteiger partial charge is 0.363 e. The number of piperidine rings is 1. The molecule has 0 radical (unpaired) electrons. The van der Waals surface area contributed by atoms with Crippen LogP contribution in [0, 0.1) is 5.82 Å². The Labute approximate surface area is 188 Å². The zero-order valence-corrected chi connectivity index (χ0v) is 19.1. The lowest BCUT2D eigenvalue weighted by Gasteiger charge is -2.32. The van der Waals surface area contributed by atoms with E-state index in [-0.39, 0.29) is 30.0 Å². The maximum absolute atomic E-state index is 13.8. The Kier molecular flexibility index (Phi) is 7.74. The molecule has 1 saturated heterocycles. The summed E-state index contributed by atoms with van der Waals surface area (Å²) < 4.78 is 13.8. The van der Waals surface area contributed by atoms with E-state index in [1.54, 1.807) is 30.1 Å². The van der Waals surface area contributed by atoms with Gasteiger partial charge in [-0.05, 0) is 31.5 Å². The summed E-state index contributed by atoms with van der Waals surface area (Å²) >= 11 is 0. The molecule has 0 bridgehead atoms. The highest BCUT2D eigenvalue weighted by Crippen LogP contribution is 2.26. The zero-order valence-electron chi connectivity index (χ0n) is 19.1. The van der Waals surface area contributed by atoms with Gasteiger partial charge in [-0.3, -0.25) is 14.5 Å². The number of benzene rings is 1. The van der Waals surface area contributed by atoms with E-state index < -0.39 is 5.82 Å². The number of carbonyl (C=O) groups excluding carboxylic acids is 2. The number of amides is 2. The Morgan fingerprint density at radius 1 is 1.22 bits per heavy atom. The molecule has 9 heteroatoms. The molecule has 1 aromatic carbocycles. The van der Waals surface area contributed by atoms with E-state index in [4.69, 9.17) is 9.97 Å². The second-order valence-electron chi connectivity index (χ2n) is 8.45. The third kappa shape index (κ3) is 6.23. The molecule has 0 spiro atoms. The highest BCUT2D eigenvalue weighted by Gasteiger charge is 2.26. The summed E-state index contributed by atoms with van der Waals surface area (Å²) in [5.41, 5.74) is 0.970. The van der Waals surface area contributed by atoms with Gasteiger partial charge in [0.1, 0.15) is 17.5 Å². The minimum Gasteiger partial charge on any atom is -0.363 e. The van der Waals surface area contributed by atoms with Crippen LogP contribution in [0.1, 0.15) is 37.2 Å². The Bertz CT molecular complexity index is 967. The van der Waals surface area contributed by atoms with E-state index in [1.807, 2.05) is 25.1 Å². The first kappa shape index (κ1) is 23.6. The van der Waals surface area contributed by atoms with Gasteiger partial charge in [0.05, 0.1) is 24.5 Å². The summed E-state index contributed by atoms with van der Waals surface area (Å²) in [6, 6.07) is 8.04. The topological polar surface area (TPSA) is 81.7 Å².